The molecule has 10 nitrogen and oxygen atoms in total. The van der Waals surface area contributed by atoms with Crippen molar-refractivity contribution in [3.63, 3.8) is 0 Å². The molecule has 1 saturated heterocycles. The van der Waals surface area contributed by atoms with Crippen LogP contribution >= 0.6 is 0 Å². The minimum Gasteiger partial charge on any atom is -0.460 e. The monoisotopic (exact) mass is 534 g/mol. The molecular formula is C24H26N2O8S2. The van der Waals surface area contributed by atoms with Gasteiger partial charge in [0.1, 0.15) is 16.2 Å². The van der Waals surface area contributed by atoms with Crippen molar-refractivity contribution in [3.8, 4) is 0 Å². The molecule has 12 heteroatoms. The van der Waals surface area contributed by atoms with E-state index >= 15 is 0 Å². The first-order valence-electron chi connectivity index (χ1n) is 11.3. The molecule has 1 aliphatic rings. The van der Waals surface area contributed by atoms with Crippen LogP contribution in [0.5, 0.6) is 0 Å². The summed E-state index contributed by atoms with van der Waals surface area (Å²) < 4.78 is 62.5. The van der Waals surface area contributed by atoms with E-state index in [1.807, 2.05) is 0 Å². The maximum absolute atomic E-state index is 13.2. The standard InChI is InChI=1S/C24H26N2O8S2/c1-3-33-24(28)22-21(17-8-4-5-9-18(17)34-22)25-23(27)16-12-14-26(15-13-16)36(31,32)20-11-7-6-10-19(20)35(2,29)30/h4-11,16H,3,12-15H2,1-2H3,(H,25,27). The zero-order valence-corrected chi connectivity index (χ0v) is 21.4. The zero-order valence-electron chi connectivity index (χ0n) is 19.8. The third-order valence-electron chi connectivity index (χ3n) is 6.00. The number of piperidine rings is 1. The summed E-state index contributed by atoms with van der Waals surface area (Å²) in [5.41, 5.74) is 0.632. The van der Waals surface area contributed by atoms with Gasteiger partial charge in [0.2, 0.25) is 21.7 Å². The summed E-state index contributed by atoms with van der Waals surface area (Å²) in [5, 5.41) is 3.32. The Bertz CT molecular complexity index is 1520. The van der Waals surface area contributed by atoms with Crippen molar-refractivity contribution < 1.29 is 35.6 Å². The highest BCUT2D eigenvalue weighted by molar-refractivity contribution is 7.93. The maximum atomic E-state index is 13.2. The molecule has 0 bridgehead atoms. The topological polar surface area (TPSA) is 140 Å². The largest absolute Gasteiger partial charge is 0.460 e. The van der Waals surface area contributed by atoms with Gasteiger partial charge in [-0.25, -0.2) is 21.6 Å². The number of para-hydroxylation sites is 1. The minimum absolute atomic E-state index is 0.0371. The number of ether oxygens (including phenoxy) is 1. The van der Waals surface area contributed by atoms with Crippen LogP contribution < -0.4 is 5.32 Å². The number of anilines is 1. The molecular weight excluding hydrogens is 508 g/mol. The van der Waals surface area contributed by atoms with Crippen molar-refractivity contribution in [2.45, 2.75) is 29.6 Å². The SMILES string of the molecule is CCOC(=O)c1oc2ccccc2c1NC(=O)C1CCN(S(=O)(=O)c2ccccc2S(C)(=O)=O)CC1. The molecule has 36 heavy (non-hydrogen) atoms. The summed E-state index contributed by atoms with van der Waals surface area (Å²) in [5.74, 6) is -1.70. The molecule has 1 amide bonds. The maximum Gasteiger partial charge on any atom is 0.376 e. The lowest BCUT2D eigenvalue weighted by Crippen LogP contribution is -2.41. The molecule has 2 heterocycles. The van der Waals surface area contributed by atoms with Gasteiger partial charge < -0.3 is 14.5 Å². The number of carbonyl (C=O) groups excluding carboxylic acids is 2. The third-order valence-corrected chi connectivity index (χ3v) is 9.24. The number of amides is 1. The van der Waals surface area contributed by atoms with Crippen LogP contribution in [0.25, 0.3) is 11.0 Å². The van der Waals surface area contributed by atoms with Crippen LogP contribution in [-0.2, 0) is 29.4 Å². The fraction of sp³-hybridized carbons (Fsp3) is 0.333. The van der Waals surface area contributed by atoms with Gasteiger partial charge in [-0.3, -0.25) is 4.79 Å². The molecule has 2 aromatic carbocycles. The number of rotatable bonds is 7. The van der Waals surface area contributed by atoms with Gasteiger partial charge in [-0.1, -0.05) is 24.3 Å². The Labute approximate surface area is 209 Å². The predicted octanol–water partition coefficient (Wildman–Crippen LogP) is 3.05. The lowest BCUT2D eigenvalue weighted by Gasteiger charge is -2.31. The van der Waals surface area contributed by atoms with E-state index in [2.05, 4.69) is 5.32 Å². The normalized spacial score (nSPS) is 15.6. The first kappa shape index (κ1) is 25.9. The number of carbonyl (C=O) groups is 2. The number of hydrogen-bond donors (Lipinski definition) is 1. The zero-order chi connectivity index (χ0) is 26.1. The number of sulfonamides is 1. The van der Waals surface area contributed by atoms with Gasteiger partial charge >= 0.3 is 5.97 Å². The molecule has 0 spiro atoms. The molecule has 0 unspecified atom stereocenters. The fourth-order valence-electron chi connectivity index (χ4n) is 4.20. The number of esters is 1. The Hall–Kier alpha value is -3.22. The second kappa shape index (κ2) is 10.0. The number of furan rings is 1. The molecule has 3 aromatic rings. The molecule has 1 fully saturated rings. The predicted molar refractivity (Wildman–Crippen MR) is 132 cm³/mol. The van der Waals surface area contributed by atoms with Crippen molar-refractivity contribution in [2.24, 2.45) is 5.92 Å². The number of fused-ring (bicyclic) bond motifs is 1. The second-order valence-electron chi connectivity index (χ2n) is 8.41. The summed E-state index contributed by atoms with van der Waals surface area (Å²) in [4.78, 5) is 25.0. The van der Waals surface area contributed by atoms with Crippen LogP contribution in [0.3, 0.4) is 0 Å². The van der Waals surface area contributed by atoms with Gasteiger partial charge in [-0.2, -0.15) is 4.31 Å². The van der Waals surface area contributed by atoms with Gasteiger partial charge in [-0.05, 0) is 44.0 Å². The Kier molecular flexibility index (Phi) is 7.21. The van der Waals surface area contributed by atoms with Crippen LogP contribution in [0.4, 0.5) is 5.69 Å². The Balaban J connectivity index is 1.51. The Morgan fingerprint density at radius 2 is 1.61 bits per heavy atom. The van der Waals surface area contributed by atoms with E-state index in [1.165, 1.54) is 28.6 Å². The molecule has 192 valence electrons. The molecule has 1 aliphatic heterocycles. The highest BCUT2D eigenvalue weighted by Crippen LogP contribution is 2.33. The number of benzene rings is 2. The smallest absolute Gasteiger partial charge is 0.376 e. The van der Waals surface area contributed by atoms with Crippen molar-refractivity contribution in [2.75, 3.05) is 31.3 Å². The summed E-state index contributed by atoms with van der Waals surface area (Å²) in [6.07, 6.45) is 1.40. The van der Waals surface area contributed by atoms with Gasteiger partial charge in [0, 0.05) is 30.6 Å². The van der Waals surface area contributed by atoms with Crippen LogP contribution in [0.15, 0.2) is 62.7 Å². The Morgan fingerprint density at radius 1 is 1.00 bits per heavy atom. The van der Waals surface area contributed by atoms with E-state index in [4.69, 9.17) is 9.15 Å². The molecule has 0 saturated carbocycles. The summed E-state index contributed by atoms with van der Waals surface area (Å²) in [6.45, 7) is 1.87. The number of hydrogen-bond acceptors (Lipinski definition) is 8. The summed E-state index contributed by atoms with van der Waals surface area (Å²) in [6, 6.07) is 12.3. The van der Waals surface area contributed by atoms with Gasteiger partial charge in [0.05, 0.1) is 11.5 Å². The van der Waals surface area contributed by atoms with Gasteiger partial charge in [-0.15, -0.1) is 0 Å². The first-order valence-corrected chi connectivity index (χ1v) is 14.7. The second-order valence-corrected chi connectivity index (χ2v) is 12.3. The van der Waals surface area contributed by atoms with Crippen molar-refractivity contribution in [1.82, 2.24) is 4.31 Å². The molecule has 4 rings (SSSR count). The van der Waals surface area contributed by atoms with E-state index in [0.717, 1.165) is 6.26 Å². The number of nitrogens with one attached hydrogen (secondary N) is 1. The quantitative estimate of drug-likeness (QED) is 0.456. The highest BCUT2D eigenvalue weighted by atomic mass is 32.2. The third kappa shape index (κ3) is 5.01. The Morgan fingerprint density at radius 3 is 2.25 bits per heavy atom. The van der Waals surface area contributed by atoms with E-state index in [9.17, 15) is 26.4 Å². The van der Waals surface area contributed by atoms with E-state index in [1.54, 1.807) is 31.2 Å². The van der Waals surface area contributed by atoms with Gasteiger partial charge in [0.15, 0.2) is 9.84 Å². The van der Waals surface area contributed by atoms with Crippen LogP contribution in [0, 0.1) is 5.92 Å². The lowest BCUT2D eigenvalue weighted by atomic mass is 9.97. The molecule has 0 radical (unpaired) electrons. The number of nitrogens with zero attached hydrogens (tertiary/aromatic N) is 1. The molecule has 1 N–H and O–H groups in total. The summed E-state index contributed by atoms with van der Waals surface area (Å²) in [7, 11) is -7.84. The van der Waals surface area contributed by atoms with E-state index in [-0.39, 0.29) is 59.7 Å². The van der Waals surface area contributed by atoms with Crippen molar-refractivity contribution >= 4 is 48.4 Å². The molecule has 0 aliphatic carbocycles. The minimum atomic E-state index is -4.08. The van der Waals surface area contributed by atoms with Crippen molar-refractivity contribution in [1.29, 1.82) is 0 Å². The van der Waals surface area contributed by atoms with Crippen LogP contribution in [0.2, 0.25) is 0 Å². The van der Waals surface area contributed by atoms with Crippen LogP contribution in [-0.4, -0.2) is 59.0 Å². The van der Waals surface area contributed by atoms with Gasteiger partial charge in [0.25, 0.3) is 0 Å². The fourth-order valence-corrected chi connectivity index (χ4v) is 7.27. The molecule has 1 aromatic heterocycles. The lowest BCUT2D eigenvalue weighted by molar-refractivity contribution is -0.120. The average molecular weight is 535 g/mol. The van der Waals surface area contributed by atoms with Crippen LogP contribution in [0.1, 0.15) is 30.3 Å². The first-order chi connectivity index (χ1) is 17.0. The highest BCUT2D eigenvalue weighted by Gasteiger charge is 2.35. The van der Waals surface area contributed by atoms with E-state index < -0.39 is 31.7 Å². The molecule has 0 atom stereocenters. The number of sulfone groups is 1. The van der Waals surface area contributed by atoms with E-state index in [0.29, 0.717) is 11.0 Å². The van der Waals surface area contributed by atoms with Crippen molar-refractivity contribution in [3.05, 3.63) is 54.3 Å². The average Bonchev–Trinajstić information content (AvgIpc) is 3.22. The summed E-state index contributed by atoms with van der Waals surface area (Å²) >= 11 is 0.